The van der Waals surface area contributed by atoms with Crippen molar-refractivity contribution in [2.24, 2.45) is 0 Å². The van der Waals surface area contributed by atoms with E-state index < -0.39 is 21.0 Å². The molecule has 0 bridgehead atoms. The van der Waals surface area contributed by atoms with Gasteiger partial charge < -0.3 is 0 Å². The van der Waals surface area contributed by atoms with Crippen LogP contribution in [0.3, 0.4) is 0 Å². The van der Waals surface area contributed by atoms with Crippen LogP contribution in [0.1, 0.15) is 0 Å². The number of anilines is 1. The number of nitrogens with zero attached hydrogens (tertiary/aromatic N) is 2. The SMILES string of the molecule is O=S(=O)(Nc1c(Cl)cc(F)cc1Cl)c1ncccn1. The van der Waals surface area contributed by atoms with Crippen LogP contribution in [0.25, 0.3) is 0 Å². The van der Waals surface area contributed by atoms with Gasteiger partial charge in [0.15, 0.2) is 0 Å². The van der Waals surface area contributed by atoms with Crippen molar-refractivity contribution in [2.75, 3.05) is 4.72 Å². The zero-order chi connectivity index (χ0) is 14.0. The third-order valence-corrected chi connectivity index (χ3v) is 3.79. The summed E-state index contributed by atoms with van der Waals surface area (Å²) in [5, 5.41) is -0.763. The second-order valence-corrected chi connectivity index (χ2v) is 5.77. The van der Waals surface area contributed by atoms with Crippen LogP contribution in [0.15, 0.2) is 35.7 Å². The van der Waals surface area contributed by atoms with Crippen molar-refractivity contribution < 1.29 is 12.8 Å². The molecule has 0 amide bonds. The molecule has 0 radical (unpaired) electrons. The molecule has 0 aliphatic heterocycles. The van der Waals surface area contributed by atoms with Crippen LogP contribution in [0.5, 0.6) is 0 Å². The van der Waals surface area contributed by atoms with E-state index in [1.165, 1.54) is 18.5 Å². The fourth-order valence-corrected chi connectivity index (χ4v) is 2.89. The number of halogens is 3. The molecule has 2 rings (SSSR count). The maximum absolute atomic E-state index is 13.0. The number of rotatable bonds is 3. The lowest BCUT2D eigenvalue weighted by Gasteiger charge is -2.10. The number of hydrogen-bond acceptors (Lipinski definition) is 4. The van der Waals surface area contributed by atoms with Crippen molar-refractivity contribution in [3.8, 4) is 0 Å². The Morgan fingerprint density at radius 3 is 2.16 bits per heavy atom. The average Bonchev–Trinajstić information content (AvgIpc) is 2.35. The summed E-state index contributed by atoms with van der Waals surface area (Å²) in [5.41, 5.74) is -0.128. The van der Waals surface area contributed by atoms with Crippen molar-refractivity contribution >= 4 is 38.9 Å². The molecule has 19 heavy (non-hydrogen) atoms. The summed E-state index contributed by atoms with van der Waals surface area (Å²) in [4.78, 5) is 7.20. The molecule has 0 fully saturated rings. The highest BCUT2D eigenvalue weighted by Crippen LogP contribution is 2.32. The predicted octanol–water partition coefficient (Wildman–Crippen LogP) is 2.72. The predicted molar refractivity (Wildman–Crippen MR) is 69.3 cm³/mol. The number of aromatic nitrogens is 2. The van der Waals surface area contributed by atoms with E-state index in [1.54, 1.807) is 0 Å². The molecule has 5 nitrogen and oxygen atoms in total. The Hall–Kier alpha value is -1.44. The van der Waals surface area contributed by atoms with Gasteiger partial charge in [-0.3, -0.25) is 4.72 Å². The van der Waals surface area contributed by atoms with Crippen molar-refractivity contribution in [1.82, 2.24) is 9.97 Å². The van der Waals surface area contributed by atoms with Crippen LogP contribution < -0.4 is 4.72 Å². The molecule has 2 aromatic rings. The number of sulfonamides is 1. The Morgan fingerprint density at radius 2 is 1.63 bits per heavy atom. The summed E-state index contributed by atoms with van der Waals surface area (Å²) in [6, 6.07) is 3.35. The molecule has 1 heterocycles. The summed E-state index contributed by atoms with van der Waals surface area (Å²) >= 11 is 11.5. The Morgan fingerprint density at radius 1 is 1.11 bits per heavy atom. The lowest BCUT2D eigenvalue weighted by atomic mass is 10.3. The van der Waals surface area contributed by atoms with E-state index in [9.17, 15) is 12.8 Å². The van der Waals surface area contributed by atoms with E-state index in [0.717, 1.165) is 12.1 Å². The topological polar surface area (TPSA) is 72.0 Å². The summed E-state index contributed by atoms with van der Waals surface area (Å²) in [6.45, 7) is 0. The molecule has 0 atom stereocenters. The summed E-state index contributed by atoms with van der Waals surface area (Å²) in [7, 11) is -4.03. The van der Waals surface area contributed by atoms with E-state index >= 15 is 0 Å². The highest BCUT2D eigenvalue weighted by Gasteiger charge is 2.20. The Kier molecular flexibility index (Phi) is 3.88. The van der Waals surface area contributed by atoms with Crippen LogP contribution in [0, 0.1) is 5.82 Å². The molecular weight excluding hydrogens is 316 g/mol. The lowest BCUT2D eigenvalue weighted by Crippen LogP contribution is -2.16. The molecule has 1 aromatic heterocycles. The van der Waals surface area contributed by atoms with Gasteiger partial charge in [-0.1, -0.05) is 23.2 Å². The highest BCUT2D eigenvalue weighted by molar-refractivity contribution is 7.92. The van der Waals surface area contributed by atoms with Crippen LogP contribution in [-0.4, -0.2) is 18.4 Å². The minimum Gasteiger partial charge on any atom is -0.274 e. The minimum absolute atomic E-state index is 0.128. The van der Waals surface area contributed by atoms with Crippen LogP contribution in [0.4, 0.5) is 10.1 Å². The molecule has 0 saturated heterocycles. The highest BCUT2D eigenvalue weighted by atomic mass is 35.5. The van der Waals surface area contributed by atoms with E-state index in [1.807, 2.05) is 0 Å². The zero-order valence-corrected chi connectivity index (χ0v) is 11.5. The van der Waals surface area contributed by atoms with E-state index in [-0.39, 0.29) is 15.7 Å². The Labute approximate surface area is 118 Å². The van der Waals surface area contributed by atoms with Crippen LogP contribution in [0.2, 0.25) is 10.0 Å². The molecule has 9 heteroatoms. The van der Waals surface area contributed by atoms with Crippen LogP contribution >= 0.6 is 23.2 Å². The first kappa shape index (κ1) is 14.0. The molecule has 0 aliphatic carbocycles. The lowest BCUT2D eigenvalue weighted by molar-refractivity contribution is 0.592. The molecule has 0 spiro atoms. The fraction of sp³-hybridized carbons (Fsp3) is 0. The van der Waals surface area contributed by atoms with Gasteiger partial charge in [-0.05, 0) is 18.2 Å². The summed E-state index contributed by atoms with van der Waals surface area (Å²) in [5.74, 6) is -0.672. The van der Waals surface area contributed by atoms with E-state index in [4.69, 9.17) is 23.2 Å². The first-order chi connectivity index (χ1) is 8.90. The van der Waals surface area contributed by atoms with Gasteiger partial charge >= 0.3 is 0 Å². The van der Waals surface area contributed by atoms with Crippen LogP contribution in [-0.2, 0) is 10.0 Å². The second kappa shape index (κ2) is 5.28. The molecule has 1 N–H and O–H groups in total. The van der Waals surface area contributed by atoms with Gasteiger partial charge in [0.05, 0.1) is 15.7 Å². The molecule has 0 saturated carbocycles. The zero-order valence-electron chi connectivity index (χ0n) is 9.14. The van der Waals surface area contributed by atoms with Gasteiger partial charge in [-0.25, -0.2) is 14.4 Å². The summed E-state index contributed by atoms with van der Waals surface area (Å²) in [6.07, 6.45) is 2.55. The van der Waals surface area contributed by atoms with Gasteiger partial charge in [-0.2, -0.15) is 8.42 Å². The normalized spacial score (nSPS) is 11.3. The molecule has 100 valence electrons. The third kappa shape index (κ3) is 3.12. The first-order valence-electron chi connectivity index (χ1n) is 4.84. The summed E-state index contributed by atoms with van der Waals surface area (Å²) < 4.78 is 39.0. The van der Waals surface area contributed by atoms with Crippen molar-refractivity contribution in [2.45, 2.75) is 5.16 Å². The molecular formula is C10H6Cl2FN3O2S. The monoisotopic (exact) mass is 321 g/mol. The van der Waals surface area contributed by atoms with E-state index in [0.29, 0.717) is 0 Å². The average molecular weight is 322 g/mol. The smallest absolute Gasteiger partial charge is 0.274 e. The Balaban J connectivity index is 2.42. The van der Waals surface area contributed by atoms with Crippen molar-refractivity contribution in [3.05, 3.63) is 46.5 Å². The van der Waals surface area contributed by atoms with Crippen molar-refractivity contribution in [1.29, 1.82) is 0 Å². The quantitative estimate of drug-likeness (QED) is 0.882. The van der Waals surface area contributed by atoms with Gasteiger partial charge in [0.25, 0.3) is 15.2 Å². The number of benzene rings is 1. The number of hydrogen-bond donors (Lipinski definition) is 1. The Bertz CT molecular complexity index is 687. The third-order valence-electron chi connectivity index (χ3n) is 2.03. The van der Waals surface area contributed by atoms with Crippen molar-refractivity contribution in [3.63, 3.8) is 0 Å². The maximum atomic E-state index is 13.0. The standard InChI is InChI=1S/C10H6Cl2FN3O2S/c11-7-4-6(13)5-8(12)9(7)16-19(17,18)10-14-2-1-3-15-10/h1-5,16H. The van der Waals surface area contributed by atoms with Gasteiger partial charge in [0.1, 0.15) is 5.82 Å². The van der Waals surface area contributed by atoms with E-state index in [2.05, 4.69) is 14.7 Å². The molecule has 0 unspecified atom stereocenters. The molecule has 1 aromatic carbocycles. The first-order valence-corrected chi connectivity index (χ1v) is 7.08. The molecule has 0 aliphatic rings. The van der Waals surface area contributed by atoms with Gasteiger partial charge in [0.2, 0.25) is 0 Å². The van der Waals surface area contributed by atoms with Gasteiger partial charge in [0, 0.05) is 12.4 Å². The fourth-order valence-electron chi connectivity index (χ4n) is 1.24. The second-order valence-electron chi connectivity index (χ2n) is 3.38. The maximum Gasteiger partial charge on any atom is 0.297 e. The largest absolute Gasteiger partial charge is 0.297 e. The number of nitrogens with one attached hydrogen (secondary N) is 1. The van der Waals surface area contributed by atoms with Gasteiger partial charge in [-0.15, -0.1) is 0 Å². The minimum atomic E-state index is -4.03.